The zero-order valence-electron chi connectivity index (χ0n) is 35.4. The van der Waals surface area contributed by atoms with Crippen LogP contribution in [0.3, 0.4) is 0 Å². The van der Waals surface area contributed by atoms with Crippen molar-refractivity contribution >= 4 is 22.7 Å². The highest BCUT2D eigenvalue weighted by Crippen LogP contribution is 2.53. The van der Waals surface area contributed by atoms with Crippen molar-refractivity contribution in [3.8, 4) is 67.3 Å². The van der Waals surface area contributed by atoms with Crippen molar-refractivity contribution in [2.24, 2.45) is 0 Å². The predicted molar refractivity (Wildman–Crippen MR) is 236 cm³/mol. The highest BCUT2D eigenvalue weighted by Gasteiger charge is 2.40. The van der Waals surface area contributed by atoms with E-state index in [1.807, 2.05) is 50.4 Å². The molecular weight excluding hydrogens is 709 g/mol. The Balaban J connectivity index is 1.08. The van der Waals surface area contributed by atoms with Gasteiger partial charge in [0.25, 0.3) is 0 Å². The average molecular weight is 752 g/mol. The van der Waals surface area contributed by atoms with Crippen molar-refractivity contribution in [2.45, 2.75) is 45.1 Å². The molecule has 0 N–H and O–H groups in total. The van der Waals surface area contributed by atoms with Crippen LogP contribution in [0, 0.1) is 13.8 Å². The number of rotatable bonds is 2. The number of aromatic nitrogens is 3. The van der Waals surface area contributed by atoms with Crippen LogP contribution in [-0.2, 0) is 5.41 Å². The first-order valence-corrected chi connectivity index (χ1v) is 20.0. The molecule has 2 aliphatic carbocycles. The standard InChI is InChI=1S/C53H40N4O/c1-31-19-24-43-49(26-31)58-50-27-32(2)40(30-44(50)53(43,3)4)33-20-22-37-41(28-33)35-12-5-6-13-38(35)51-39(14-11-25-54-51)36-23-21-34(29-42(36)37)56-47-17-9-10-18-48(47)57-46-16-8-7-15-45(46)55-52(56)57/h5-30,47-48H,1-4H3/i3D3. The Morgan fingerprint density at radius 2 is 1.38 bits per heavy atom. The van der Waals surface area contributed by atoms with Crippen LogP contribution in [0.5, 0.6) is 11.5 Å². The molecule has 5 heteroatoms. The average Bonchev–Trinajstić information content (AvgIpc) is 3.80. The number of imidazole rings is 1. The molecule has 3 unspecified atom stereocenters. The summed E-state index contributed by atoms with van der Waals surface area (Å²) in [5.74, 6) is 2.11. The second kappa shape index (κ2) is 12.0. The summed E-state index contributed by atoms with van der Waals surface area (Å²) in [6, 6.07) is 44.7. The predicted octanol–water partition coefficient (Wildman–Crippen LogP) is 13.3. The molecule has 0 bridgehead atoms. The van der Waals surface area contributed by atoms with Gasteiger partial charge in [0.05, 0.1) is 28.8 Å². The normalized spacial score (nSPS) is 20.1. The Kier molecular flexibility index (Phi) is 6.25. The van der Waals surface area contributed by atoms with Gasteiger partial charge in [-0.05, 0) is 119 Å². The van der Waals surface area contributed by atoms with E-state index in [2.05, 4.69) is 138 Å². The third-order valence-electron chi connectivity index (χ3n) is 12.7. The monoisotopic (exact) mass is 751 g/mol. The number of para-hydroxylation sites is 2. The van der Waals surface area contributed by atoms with Gasteiger partial charge in [0, 0.05) is 43.7 Å². The van der Waals surface area contributed by atoms with E-state index in [9.17, 15) is 0 Å². The van der Waals surface area contributed by atoms with Gasteiger partial charge >= 0.3 is 0 Å². The molecule has 12 rings (SSSR count). The minimum Gasteiger partial charge on any atom is -0.457 e. The Morgan fingerprint density at radius 3 is 2.28 bits per heavy atom. The van der Waals surface area contributed by atoms with Crippen LogP contribution in [0.1, 0.15) is 46.2 Å². The molecule has 2 aliphatic heterocycles. The quantitative estimate of drug-likeness (QED) is 0.176. The fourth-order valence-corrected chi connectivity index (χ4v) is 9.91. The number of pyridine rings is 1. The summed E-state index contributed by atoms with van der Waals surface area (Å²) in [4.78, 5) is 12.6. The number of hydrogen-bond donors (Lipinski definition) is 0. The molecule has 4 heterocycles. The van der Waals surface area contributed by atoms with Gasteiger partial charge in [-0.1, -0.05) is 111 Å². The summed E-state index contributed by atoms with van der Waals surface area (Å²) in [7, 11) is 0. The van der Waals surface area contributed by atoms with Gasteiger partial charge < -0.3 is 14.2 Å². The lowest BCUT2D eigenvalue weighted by atomic mass is 9.74. The molecule has 6 aromatic carbocycles. The lowest BCUT2D eigenvalue weighted by Crippen LogP contribution is -2.29. The van der Waals surface area contributed by atoms with E-state index in [1.165, 1.54) is 0 Å². The number of allylic oxidation sites excluding steroid dienone is 2. The van der Waals surface area contributed by atoms with Crippen molar-refractivity contribution in [3.05, 3.63) is 180 Å². The summed E-state index contributed by atoms with van der Waals surface area (Å²) in [5, 5.41) is 0. The third-order valence-corrected chi connectivity index (χ3v) is 12.7. The lowest BCUT2D eigenvalue weighted by Gasteiger charge is -2.35. The number of nitrogens with zero attached hydrogens (tertiary/aromatic N) is 4. The first kappa shape index (κ1) is 30.2. The topological polar surface area (TPSA) is 43.2 Å². The van der Waals surface area contributed by atoms with Crippen LogP contribution in [0.25, 0.3) is 66.8 Å². The molecule has 0 saturated carbocycles. The van der Waals surface area contributed by atoms with Gasteiger partial charge in [-0.2, -0.15) is 0 Å². The van der Waals surface area contributed by atoms with Crippen molar-refractivity contribution < 1.29 is 8.85 Å². The van der Waals surface area contributed by atoms with Gasteiger partial charge in [0.1, 0.15) is 11.5 Å². The van der Waals surface area contributed by atoms with E-state index in [-0.39, 0.29) is 12.1 Å². The van der Waals surface area contributed by atoms with Crippen molar-refractivity contribution in [2.75, 3.05) is 4.90 Å². The molecule has 0 fully saturated rings. The molecule has 5 nitrogen and oxygen atoms in total. The van der Waals surface area contributed by atoms with Crippen molar-refractivity contribution in [1.29, 1.82) is 0 Å². The number of ether oxygens (including phenoxy) is 1. The van der Waals surface area contributed by atoms with E-state index in [0.717, 1.165) is 89.6 Å². The molecule has 8 aromatic rings. The summed E-state index contributed by atoms with van der Waals surface area (Å²) >= 11 is 0. The maximum atomic E-state index is 8.90. The van der Waals surface area contributed by atoms with E-state index < -0.39 is 12.3 Å². The third kappa shape index (κ3) is 4.64. The van der Waals surface area contributed by atoms with E-state index in [4.69, 9.17) is 18.8 Å². The highest BCUT2D eigenvalue weighted by atomic mass is 16.5. The fourth-order valence-electron chi connectivity index (χ4n) is 9.91. The SMILES string of the molecule is [2H]C([2H])([2H])C1(C)c2ccc(C)cc2Oc2cc(C)c(-c3ccc4c(c3)-c3ccccc3-c3ncccc3-c3ccc(N5c6nc7ccccc7n6C6C=CC=CC65)cc3-4)cc21. The molecule has 0 spiro atoms. The van der Waals surface area contributed by atoms with Gasteiger partial charge in [-0.3, -0.25) is 4.98 Å². The van der Waals surface area contributed by atoms with E-state index in [0.29, 0.717) is 22.6 Å². The Morgan fingerprint density at radius 1 is 0.638 bits per heavy atom. The number of anilines is 2. The molecular formula is C53H40N4O. The van der Waals surface area contributed by atoms with Gasteiger partial charge in [0.15, 0.2) is 0 Å². The molecule has 0 saturated heterocycles. The van der Waals surface area contributed by atoms with Gasteiger partial charge in [-0.15, -0.1) is 0 Å². The number of hydrogen-bond acceptors (Lipinski definition) is 4. The zero-order valence-corrected chi connectivity index (χ0v) is 32.4. The van der Waals surface area contributed by atoms with Gasteiger partial charge in [0.2, 0.25) is 5.95 Å². The Hall–Kier alpha value is -6.98. The first-order valence-electron chi connectivity index (χ1n) is 21.5. The smallest absolute Gasteiger partial charge is 0.212 e. The lowest BCUT2D eigenvalue weighted by molar-refractivity contribution is 0.417. The van der Waals surface area contributed by atoms with Crippen LogP contribution in [-0.4, -0.2) is 20.6 Å². The van der Waals surface area contributed by atoms with E-state index >= 15 is 0 Å². The molecule has 0 radical (unpaired) electrons. The fraction of sp³-hybridized carbons (Fsp3) is 0.132. The van der Waals surface area contributed by atoms with Crippen LogP contribution in [0.4, 0.5) is 11.6 Å². The Bertz CT molecular complexity index is 3250. The van der Waals surface area contributed by atoms with E-state index in [1.54, 1.807) is 0 Å². The van der Waals surface area contributed by atoms with Crippen LogP contribution < -0.4 is 9.64 Å². The highest BCUT2D eigenvalue weighted by molar-refractivity contribution is 6.04. The summed E-state index contributed by atoms with van der Waals surface area (Å²) in [5.41, 5.74) is 15.7. The summed E-state index contributed by atoms with van der Waals surface area (Å²) < 4.78 is 35.6. The maximum absolute atomic E-state index is 8.90. The summed E-state index contributed by atoms with van der Waals surface area (Å²) in [6.45, 7) is 3.57. The molecule has 4 aliphatic rings. The number of benzene rings is 6. The zero-order chi connectivity index (χ0) is 41.4. The van der Waals surface area contributed by atoms with Crippen molar-refractivity contribution in [1.82, 2.24) is 14.5 Å². The molecule has 58 heavy (non-hydrogen) atoms. The number of aryl methyl sites for hydroxylation is 2. The molecule has 278 valence electrons. The molecule has 2 aromatic heterocycles. The second-order valence-electron chi connectivity index (χ2n) is 16.2. The number of fused-ring (bicyclic) bond motifs is 15. The molecule has 0 amide bonds. The summed E-state index contributed by atoms with van der Waals surface area (Å²) in [6.07, 6.45) is 10.7. The second-order valence-corrected chi connectivity index (χ2v) is 16.2. The first-order chi connectivity index (χ1) is 29.6. The largest absolute Gasteiger partial charge is 0.457 e. The van der Waals surface area contributed by atoms with Crippen LogP contribution in [0.15, 0.2) is 158 Å². The van der Waals surface area contributed by atoms with Crippen molar-refractivity contribution in [3.63, 3.8) is 0 Å². The maximum Gasteiger partial charge on any atom is 0.212 e. The minimum atomic E-state index is -2.34. The Labute approximate surface area is 342 Å². The minimum absolute atomic E-state index is 0.0628. The molecule has 3 atom stereocenters. The van der Waals surface area contributed by atoms with Crippen LogP contribution in [0.2, 0.25) is 0 Å². The van der Waals surface area contributed by atoms with Crippen LogP contribution >= 0.6 is 0 Å². The van der Waals surface area contributed by atoms with Gasteiger partial charge in [-0.25, -0.2) is 4.98 Å².